The molecule has 1 aliphatic rings. The van der Waals surface area contributed by atoms with E-state index in [0.717, 1.165) is 22.1 Å². The molecule has 4 rings (SSSR count). The molecular formula is C21H17N3O2S. The molecule has 27 heavy (non-hydrogen) atoms. The molecule has 0 unspecified atom stereocenters. The summed E-state index contributed by atoms with van der Waals surface area (Å²) < 4.78 is 0. The lowest BCUT2D eigenvalue weighted by molar-refractivity contribution is -0.113. The number of Topliss-reactive ketones (excluding diaryl/α,β-unsaturated/α-hetero) is 1. The van der Waals surface area contributed by atoms with Gasteiger partial charge in [0.2, 0.25) is 5.91 Å². The summed E-state index contributed by atoms with van der Waals surface area (Å²) in [5, 5.41) is 9.06. The zero-order chi connectivity index (χ0) is 18.8. The number of ketones is 1. The molecule has 6 heteroatoms. The minimum atomic E-state index is -0.128. The van der Waals surface area contributed by atoms with Gasteiger partial charge >= 0.3 is 0 Å². The van der Waals surface area contributed by atoms with Crippen LogP contribution in [0.3, 0.4) is 0 Å². The molecule has 0 saturated carbocycles. The Morgan fingerprint density at radius 3 is 2.52 bits per heavy atom. The van der Waals surface area contributed by atoms with Crippen LogP contribution in [-0.2, 0) is 4.79 Å². The molecule has 0 radical (unpaired) electrons. The number of carbonyl (C=O) groups excluding carboxylic acids is 2. The Morgan fingerprint density at radius 1 is 1.04 bits per heavy atom. The fourth-order valence-electron chi connectivity index (χ4n) is 2.96. The van der Waals surface area contributed by atoms with E-state index >= 15 is 0 Å². The quantitative estimate of drug-likeness (QED) is 0.641. The lowest BCUT2D eigenvalue weighted by atomic mass is 10.1. The number of rotatable bonds is 4. The predicted molar refractivity (Wildman–Crippen MR) is 112 cm³/mol. The molecule has 0 bridgehead atoms. The van der Waals surface area contributed by atoms with Gasteiger partial charge in [0.05, 0.1) is 17.1 Å². The van der Waals surface area contributed by atoms with Crippen molar-refractivity contribution in [1.29, 1.82) is 0 Å². The van der Waals surface area contributed by atoms with Crippen LogP contribution in [0.15, 0.2) is 65.7 Å². The zero-order valence-corrected chi connectivity index (χ0v) is 15.5. The van der Waals surface area contributed by atoms with Gasteiger partial charge < -0.3 is 10.6 Å². The first-order valence-electron chi connectivity index (χ1n) is 8.51. The summed E-state index contributed by atoms with van der Waals surface area (Å²) in [6.45, 7) is 1.51. The van der Waals surface area contributed by atoms with Crippen molar-refractivity contribution in [2.24, 2.45) is 4.99 Å². The second-order valence-corrected chi connectivity index (χ2v) is 7.16. The molecule has 0 atom stereocenters. The highest BCUT2D eigenvalue weighted by atomic mass is 32.2. The van der Waals surface area contributed by atoms with E-state index in [2.05, 4.69) is 27.8 Å². The van der Waals surface area contributed by atoms with Crippen LogP contribution in [0.25, 0.3) is 10.8 Å². The molecule has 5 nitrogen and oxygen atoms in total. The van der Waals surface area contributed by atoms with E-state index in [0.29, 0.717) is 16.4 Å². The van der Waals surface area contributed by atoms with Gasteiger partial charge in [0.25, 0.3) is 0 Å². The third kappa shape index (κ3) is 3.71. The van der Waals surface area contributed by atoms with Crippen LogP contribution in [0.2, 0.25) is 0 Å². The van der Waals surface area contributed by atoms with E-state index in [1.54, 1.807) is 24.3 Å². The number of nitrogens with one attached hydrogen (secondary N) is 2. The van der Waals surface area contributed by atoms with Crippen LogP contribution in [0, 0.1) is 0 Å². The van der Waals surface area contributed by atoms with E-state index in [9.17, 15) is 9.59 Å². The standard InChI is InChI=1S/C21H17N3O2S/c1-13(25)14-8-10-16(11-9-14)22-19(26)12-27-21-23-17-6-2-4-15-5-3-7-18(24-21)20(15)17/h2-11H,12H2,1H3,(H,22,26)(H,23,24). The van der Waals surface area contributed by atoms with Crippen molar-refractivity contribution in [1.82, 2.24) is 0 Å². The van der Waals surface area contributed by atoms with Gasteiger partial charge in [0, 0.05) is 16.6 Å². The number of benzene rings is 3. The average molecular weight is 375 g/mol. The maximum atomic E-state index is 12.2. The minimum absolute atomic E-state index is 0.000109. The summed E-state index contributed by atoms with van der Waals surface area (Å²) in [7, 11) is 0. The van der Waals surface area contributed by atoms with Gasteiger partial charge in [-0.05, 0) is 48.7 Å². The van der Waals surface area contributed by atoms with Crippen molar-refractivity contribution in [3.8, 4) is 0 Å². The number of carbonyl (C=O) groups is 2. The van der Waals surface area contributed by atoms with Crippen LogP contribution >= 0.6 is 11.8 Å². The monoisotopic (exact) mass is 375 g/mol. The van der Waals surface area contributed by atoms with Gasteiger partial charge in [-0.1, -0.05) is 36.0 Å². The Labute approximate surface area is 160 Å². The van der Waals surface area contributed by atoms with E-state index in [4.69, 9.17) is 0 Å². The first-order chi connectivity index (χ1) is 13.1. The predicted octanol–water partition coefficient (Wildman–Crippen LogP) is 4.83. The molecule has 2 N–H and O–H groups in total. The zero-order valence-electron chi connectivity index (χ0n) is 14.7. The Kier molecular flexibility index (Phi) is 4.64. The second kappa shape index (κ2) is 7.25. The molecule has 1 aliphatic heterocycles. The molecule has 0 fully saturated rings. The highest BCUT2D eigenvalue weighted by Gasteiger charge is 2.15. The van der Waals surface area contributed by atoms with Crippen molar-refractivity contribution >= 4 is 56.5 Å². The van der Waals surface area contributed by atoms with E-state index < -0.39 is 0 Å². The molecule has 3 aromatic carbocycles. The number of anilines is 2. The van der Waals surface area contributed by atoms with Gasteiger partial charge in [0.1, 0.15) is 0 Å². The van der Waals surface area contributed by atoms with Crippen LogP contribution < -0.4 is 10.6 Å². The second-order valence-electron chi connectivity index (χ2n) is 6.19. The molecule has 0 aromatic heterocycles. The Bertz CT molecular complexity index is 1070. The van der Waals surface area contributed by atoms with Crippen LogP contribution in [-0.4, -0.2) is 22.6 Å². The number of hydrogen-bond acceptors (Lipinski definition) is 5. The minimum Gasteiger partial charge on any atom is -0.334 e. The lowest BCUT2D eigenvalue weighted by Gasteiger charge is -2.18. The molecular weight excluding hydrogens is 358 g/mol. The van der Waals surface area contributed by atoms with Gasteiger partial charge in [-0.3, -0.25) is 9.59 Å². The maximum Gasteiger partial charge on any atom is 0.234 e. The molecule has 0 saturated heterocycles. The number of amidine groups is 1. The number of amides is 1. The van der Waals surface area contributed by atoms with Gasteiger partial charge in [-0.15, -0.1) is 0 Å². The number of hydrogen-bond donors (Lipinski definition) is 2. The molecule has 0 aliphatic carbocycles. The van der Waals surface area contributed by atoms with E-state index in [-0.39, 0.29) is 17.4 Å². The van der Waals surface area contributed by atoms with Crippen molar-refractivity contribution < 1.29 is 9.59 Å². The van der Waals surface area contributed by atoms with Crippen molar-refractivity contribution in [3.63, 3.8) is 0 Å². The summed E-state index contributed by atoms with van der Waals surface area (Å²) in [5.41, 5.74) is 3.20. The molecule has 134 valence electrons. The highest BCUT2D eigenvalue weighted by Crippen LogP contribution is 2.36. The third-order valence-corrected chi connectivity index (χ3v) is 5.13. The summed E-state index contributed by atoms with van der Waals surface area (Å²) in [6.07, 6.45) is 0. The fraction of sp³-hybridized carbons (Fsp3) is 0.0952. The van der Waals surface area contributed by atoms with Gasteiger partial charge in [0.15, 0.2) is 11.0 Å². The largest absolute Gasteiger partial charge is 0.334 e. The van der Waals surface area contributed by atoms with Crippen LogP contribution in [0.1, 0.15) is 17.3 Å². The van der Waals surface area contributed by atoms with Crippen molar-refractivity contribution in [2.45, 2.75) is 6.92 Å². The maximum absolute atomic E-state index is 12.2. The summed E-state index contributed by atoms with van der Waals surface area (Å²) in [4.78, 5) is 28.2. The summed E-state index contributed by atoms with van der Waals surface area (Å²) >= 11 is 1.35. The topological polar surface area (TPSA) is 70.6 Å². The SMILES string of the molecule is CC(=O)c1ccc(NC(=O)CSC2=Nc3cccc4cccc(c34)N2)cc1. The smallest absolute Gasteiger partial charge is 0.234 e. The van der Waals surface area contributed by atoms with Crippen LogP contribution in [0.5, 0.6) is 0 Å². The molecule has 1 heterocycles. The fourth-order valence-corrected chi connectivity index (χ4v) is 3.64. The van der Waals surface area contributed by atoms with E-state index in [1.165, 1.54) is 18.7 Å². The van der Waals surface area contributed by atoms with Crippen LogP contribution in [0.4, 0.5) is 17.1 Å². The first-order valence-corrected chi connectivity index (χ1v) is 9.50. The molecule has 1 amide bonds. The Hall–Kier alpha value is -3.12. The third-order valence-electron chi connectivity index (χ3n) is 4.26. The summed E-state index contributed by atoms with van der Waals surface area (Å²) in [6, 6.07) is 19.0. The Morgan fingerprint density at radius 2 is 1.78 bits per heavy atom. The van der Waals surface area contributed by atoms with Gasteiger partial charge in [-0.25, -0.2) is 4.99 Å². The first kappa shape index (κ1) is 17.3. The average Bonchev–Trinajstić information content (AvgIpc) is 2.67. The number of nitrogens with zero attached hydrogens (tertiary/aromatic N) is 1. The summed E-state index contributed by atoms with van der Waals surface area (Å²) in [5.74, 6) is 0.107. The van der Waals surface area contributed by atoms with Crippen molar-refractivity contribution in [2.75, 3.05) is 16.4 Å². The number of thioether (sulfide) groups is 1. The number of aliphatic imine (C=N–C) groups is 1. The Balaban J connectivity index is 1.41. The van der Waals surface area contributed by atoms with Crippen molar-refractivity contribution in [3.05, 3.63) is 66.2 Å². The highest BCUT2D eigenvalue weighted by molar-refractivity contribution is 8.14. The normalized spacial score (nSPS) is 12.3. The van der Waals surface area contributed by atoms with Gasteiger partial charge in [-0.2, -0.15) is 0 Å². The lowest BCUT2D eigenvalue weighted by Crippen LogP contribution is -2.18. The molecule has 0 spiro atoms. The van der Waals surface area contributed by atoms with E-state index in [1.807, 2.05) is 24.3 Å². The molecule has 3 aromatic rings.